The average molecular weight is 338 g/mol. The Balaban J connectivity index is 1.53. The second kappa shape index (κ2) is 8.16. The molecule has 0 spiro atoms. The number of ether oxygens (including phenoxy) is 1. The fraction of sp³-hybridized carbons (Fsp3) is 0.882. The first kappa shape index (κ1) is 17.5. The summed E-state index contributed by atoms with van der Waals surface area (Å²) < 4.78 is 6.13. The van der Waals surface area contributed by atoms with Crippen LogP contribution >= 0.6 is 0 Å². The zero-order valence-electron chi connectivity index (χ0n) is 14.7. The van der Waals surface area contributed by atoms with Gasteiger partial charge >= 0.3 is 0 Å². The van der Waals surface area contributed by atoms with Gasteiger partial charge in [0.05, 0.1) is 12.0 Å². The maximum atomic E-state index is 12.1. The minimum Gasteiger partial charge on any atom is -0.470 e. The minimum atomic E-state index is -0.457. The van der Waals surface area contributed by atoms with Gasteiger partial charge < -0.3 is 20.2 Å². The smallest absolute Gasteiger partial charge is 0.239 e. The van der Waals surface area contributed by atoms with Gasteiger partial charge in [-0.3, -0.25) is 9.69 Å². The number of likely N-dealkylation sites (tertiary alicyclic amines) is 2. The van der Waals surface area contributed by atoms with Gasteiger partial charge in [0.15, 0.2) is 6.61 Å². The molecule has 0 radical (unpaired) electrons. The summed E-state index contributed by atoms with van der Waals surface area (Å²) in [6.45, 7) is 6.82. The molecule has 7 nitrogen and oxygen atoms in total. The van der Waals surface area contributed by atoms with Gasteiger partial charge in [0, 0.05) is 19.6 Å². The highest BCUT2D eigenvalue weighted by Crippen LogP contribution is 2.22. The van der Waals surface area contributed by atoms with Crippen molar-refractivity contribution in [3.8, 4) is 0 Å². The largest absolute Gasteiger partial charge is 0.470 e. The number of amides is 1. The van der Waals surface area contributed by atoms with Crippen molar-refractivity contribution < 1.29 is 14.4 Å². The summed E-state index contributed by atoms with van der Waals surface area (Å²) in [5, 5.41) is 4.14. The van der Waals surface area contributed by atoms with Crippen molar-refractivity contribution in [2.45, 2.75) is 51.2 Å². The Morgan fingerprint density at radius 2 is 2.08 bits per heavy atom. The van der Waals surface area contributed by atoms with Crippen molar-refractivity contribution in [3.05, 3.63) is 0 Å². The second-order valence-electron chi connectivity index (χ2n) is 7.24. The predicted octanol–water partition coefficient (Wildman–Crippen LogP) is 0.787. The molecule has 0 aromatic heterocycles. The van der Waals surface area contributed by atoms with Gasteiger partial charge in [-0.15, -0.1) is 0 Å². The van der Waals surface area contributed by atoms with Crippen molar-refractivity contribution in [3.63, 3.8) is 0 Å². The van der Waals surface area contributed by atoms with Crippen LogP contribution in [0, 0.1) is 5.92 Å². The molecule has 0 saturated carbocycles. The zero-order chi connectivity index (χ0) is 16.9. The summed E-state index contributed by atoms with van der Waals surface area (Å²) in [5.41, 5.74) is 5.73. The molecule has 0 bridgehead atoms. The van der Waals surface area contributed by atoms with Crippen LogP contribution in [0.5, 0.6) is 0 Å². The fourth-order valence-corrected chi connectivity index (χ4v) is 3.77. The number of hydrogen-bond donors (Lipinski definition) is 1. The van der Waals surface area contributed by atoms with Crippen LogP contribution in [0.3, 0.4) is 0 Å². The van der Waals surface area contributed by atoms with Gasteiger partial charge in [0.2, 0.25) is 11.8 Å². The summed E-state index contributed by atoms with van der Waals surface area (Å²) in [4.78, 5) is 21.9. The molecular formula is C17H30N4O3. The standard InChI is InChI=1S/C17H30N4O3/c1-13(18)17(22)21-9-5-6-14(10-21)16-19-23-12-15(24-16)11-20-7-3-2-4-8-20/h13-15H,2-12,18H2,1H3/t13-,14?,15?/m0/s1. The van der Waals surface area contributed by atoms with Crippen LogP contribution in [-0.4, -0.2) is 73.1 Å². The summed E-state index contributed by atoms with van der Waals surface area (Å²) in [7, 11) is 0. The van der Waals surface area contributed by atoms with E-state index in [9.17, 15) is 4.79 Å². The van der Waals surface area contributed by atoms with E-state index in [2.05, 4.69) is 10.1 Å². The predicted molar refractivity (Wildman–Crippen MR) is 91.5 cm³/mol. The zero-order valence-corrected chi connectivity index (χ0v) is 14.7. The number of nitrogens with two attached hydrogens (primary N) is 1. The van der Waals surface area contributed by atoms with Crippen LogP contribution in [0.2, 0.25) is 0 Å². The van der Waals surface area contributed by atoms with Gasteiger partial charge in [-0.2, -0.15) is 0 Å². The van der Waals surface area contributed by atoms with Crippen LogP contribution in [0.4, 0.5) is 0 Å². The van der Waals surface area contributed by atoms with E-state index in [0.717, 1.165) is 39.0 Å². The Morgan fingerprint density at radius 1 is 1.29 bits per heavy atom. The van der Waals surface area contributed by atoms with E-state index < -0.39 is 6.04 Å². The lowest BCUT2D eigenvalue weighted by molar-refractivity contribution is -0.133. The minimum absolute atomic E-state index is 0.00175. The topological polar surface area (TPSA) is 80.4 Å². The van der Waals surface area contributed by atoms with Gasteiger partial charge in [0.25, 0.3) is 0 Å². The van der Waals surface area contributed by atoms with Crippen LogP contribution in [0.1, 0.15) is 39.0 Å². The van der Waals surface area contributed by atoms with Gasteiger partial charge in [-0.1, -0.05) is 11.6 Å². The molecule has 7 heteroatoms. The second-order valence-corrected chi connectivity index (χ2v) is 7.24. The third-order valence-corrected chi connectivity index (χ3v) is 5.08. The first-order chi connectivity index (χ1) is 11.6. The monoisotopic (exact) mass is 338 g/mol. The van der Waals surface area contributed by atoms with Gasteiger partial charge in [-0.05, 0) is 45.7 Å². The van der Waals surface area contributed by atoms with Crippen molar-refractivity contribution in [2.24, 2.45) is 16.8 Å². The molecule has 3 aliphatic rings. The van der Waals surface area contributed by atoms with Crippen molar-refractivity contribution >= 4 is 11.8 Å². The van der Waals surface area contributed by atoms with E-state index >= 15 is 0 Å². The first-order valence-electron chi connectivity index (χ1n) is 9.26. The number of rotatable bonds is 4. The van der Waals surface area contributed by atoms with Crippen LogP contribution in [-0.2, 0) is 14.4 Å². The van der Waals surface area contributed by atoms with Crippen molar-refractivity contribution in [1.29, 1.82) is 0 Å². The molecule has 0 aliphatic carbocycles. The van der Waals surface area contributed by atoms with Gasteiger partial charge in [0.1, 0.15) is 6.10 Å². The molecule has 0 aromatic rings. The Morgan fingerprint density at radius 3 is 2.83 bits per heavy atom. The van der Waals surface area contributed by atoms with E-state index in [-0.39, 0.29) is 17.9 Å². The number of carbonyl (C=O) groups is 1. The lowest BCUT2D eigenvalue weighted by atomic mass is 9.97. The average Bonchev–Trinajstić information content (AvgIpc) is 2.62. The third kappa shape index (κ3) is 4.39. The third-order valence-electron chi connectivity index (χ3n) is 5.08. The van der Waals surface area contributed by atoms with E-state index in [1.54, 1.807) is 6.92 Å². The fourth-order valence-electron chi connectivity index (χ4n) is 3.77. The SMILES string of the molecule is C[C@H](N)C(=O)N1CCCC(C2=NOCC(CN3CCCCC3)O2)C1. The van der Waals surface area contributed by atoms with E-state index in [4.69, 9.17) is 15.3 Å². The molecule has 2 N–H and O–H groups in total. The molecule has 3 heterocycles. The summed E-state index contributed by atoms with van der Waals surface area (Å²) in [5.74, 6) is 0.776. The van der Waals surface area contributed by atoms with Crippen molar-refractivity contribution in [2.75, 3.05) is 39.3 Å². The molecule has 3 rings (SSSR count). The summed E-state index contributed by atoms with van der Waals surface area (Å²) in [6, 6.07) is -0.457. The Hall–Kier alpha value is -1.34. The van der Waals surface area contributed by atoms with Crippen LogP contribution in [0.15, 0.2) is 5.16 Å². The molecule has 24 heavy (non-hydrogen) atoms. The van der Waals surface area contributed by atoms with E-state index in [0.29, 0.717) is 19.0 Å². The number of oxime groups is 1. The maximum Gasteiger partial charge on any atom is 0.239 e. The summed E-state index contributed by atoms with van der Waals surface area (Å²) in [6.07, 6.45) is 5.83. The van der Waals surface area contributed by atoms with Crippen LogP contribution in [0.25, 0.3) is 0 Å². The molecule has 2 saturated heterocycles. The highest BCUT2D eigenvalue weighted by molar-refractivity contribution is 5.83. The highest BCUT2D eigenvalue weighted by Gasteiger charge is 2.33. The van der Waals surface area contributed by atoms with Crippen LogP contribution < -0.4 is 5.73 Å². The molecule has 2 fully saturated rings. The molecular weight excluding hydrogens is 308 g/mol. The number of nitrogens with zero attached hydrogens (tertiary/aromatic N) is 3. The van der Waals surface area contributed by atoms with Gasteiger partial charge in [-0.25, -0.2) is 0 Å². The molecule has 136 valence electrons. The van der Waals surface area contributed by atoms with E-state index in [1.165, 1.54) is 19.3 Å². The Bertz CT molecular complexity index is 463. The lowest BCUT2D eigenvalue weighted by Crippen LogP contribution is -2.50. The first-order valence-corrected chi connectivity index (χ1v) is 9.26. The number of piperidine rings is 2. The molecule has 3 atom stereocenters. The Labute approximate surface area is 144 Å². The number of hydrogen-bond acceptors (Lipinski definition) is 6. The maximum absolute atomic E-state index is 12.1. The normalized spacial score (nSPS) is 30.1. The number of carbonyl (C=O) groups excluding carboxylic acids is 1. The molecule has 2 unspecified atom stereocenters. The van der Waals surface area contributed by atoms with E-state index in [1.807, 2.05) is 4.90 Å². The quantitative estimate of drug-likeness (QED) is 0.820. The lowest BCUT2D eigenvalue weighted by Gasteiger charge is -2.36. The summed E-state index contributed by atoms with van der Waals surface area (Å²) >= 11 is 0. The molecule has 0 aromatic carbocycles. The molecule has 1 amide bonds. The molecule has 3 aliphatic heterocycles. The van der Waals surface area contributed by atoms with Crippen molar-refractivity contribution in [1.82, 2.24) is 9.80 Å². The highest BCUT2D eigenvalue weighted by atomic mass is 16.7. The Kier molecular flexibility index (Phi) is 5.94.